The lowest BCUT2D eigenvalue weighted by atomic mass is 10.0. The molecule has 168 valence electrons. The van der Waals surface area contributed by atoms with E-state index in [0.717, 1.165) is 5.56 Å². The van der Waals surface area contributed by atoms with Gasteiger partial charge in [0.05, 0.1) is 22.7 Å². The van der Waals surface area contributed by atoms with Crippen LogP contribution in [-0.4, -0.2) is 38.8 Å². The lowest BCUT2D eigenvalue weighted by Crippen LogP contribution is -2.46. The van der Waals surface area contributed by atoms with Gasteiger partial charge in [-0.25, -0.2) is 13.8 Å². The van der Waals surface area contributed by atoms with Crippen molar-refractivity contribution in [3.05, 3.63) is 52.0 Å². The fourth-order valence-electron chi connectivity index (χ4n) is 2.73. The third kappa shape index (κ3) is 7.05. The number of benzene rings is 2. The summed E-state index contributed by atoms with van der Waals surface area (Å²) < 4.78 is 33.4. The molecule has 0 unspecified atom stereocenters. The van der Waals surface area contributed by atoms with Gasteiger partial charge in [-0.3, -0.25) is 4.79 Å². The van der Waals surface area contributed by atoms with Gasteiger partial charge in [-0.15, -0.1) is 0 Å². The number of aromatic hydroxyl groups is 1. The Hall–Kier alpha value is -2.43. The van der Waals surface area contributed by atoms with E-state index < -0.39 is 22.0 Å². The first-order valence-electron chi connectivity index (χ1n) is 9.52. The summed E-state index contributed by atoms with van der Waals surface area (Å²) in [7, 11) is -2.46. The van der Waals surface area contributed by atoms with Crippen LogP contribution in [0.3, 0.4) is 0 Å². The predicted molar refractivity (Wildman–Crippen MR) is 123 cm³/mol. The van der Waals surface area contributed by atoms with Gasteiger partial charge in [-0.05, 0) is 65.0 Å². The molecule has 8 nitrogen and oxygen atoms in total. The lowest BCUT2D eigenvalue weighted by molar-refractivity contribution is -0.123. The van der Waals surface area contributed by atoms with Gasteiger partial charge in [0.2, 0.25) is 10.0 Å². The van der Waals surface area contributed by atoms with Crippen molar-refractivity contribution in [2.75, 3.05) is 7.11 Å². The van der Waals surface area contributed by atoms with Crippen LogP contribution in [-0.2, 0) is 14.8 Å². The molecule has 0 bridgehead atoms. The van der Waals surface area contributed by atoms with Crippen LogP contribution < -0.4 is 14.9 Å². The van der Waals surface area contributed by atoms with Gasteiger partial charge in [-0.2, -0.15) is 9.82 Å². The normalized spacial score (nSPS) is 12.8. The van der Waals surface area contributed by atoms with E-state index in [0.29, 0.717) is 16.5 Å². The van der Waals surface area contributed by atoms with E-state index in [4.69, 9.17) is 4.74 Å². The number of methoxy groups -OCH3 is 1. The number of rotatable bonds is 9. The number of hydrogen-bond acceptors (Lipinski definition) is 6. The van der Waals surface area contributed by atoms with Crippen LogP contribution >= 0.6 is 15.9 Å². The maximum Gasteiger partial charge on any atom is 0.258 e. The number of sulfonamides is 1. The van der Waals surface area contributed by atoms with E-state index in [-0.39, 0.29) is 22.3 Å². The fourth-order valence-corrected chi connectivity index (χ4v) is 4.39. The Morgan fingerprint density at radius 1 is 1.26 bits per heavy atom. The molecule has 0 aliphatic heterocycles. The summed E-state index contributed by atoms with van der Waals surface area (Å²) in [6.45, 7) is 5.65. The van der Waals surface area contributed by atoms with Crippen LogP contribution in [0, 0.1) is 12.8 Å². The lowest BCUT2D eigenvalue weighted by Gasteiger charge is -2.19. The monoisotopic (exact) mass is 511 g/mol. The van der Waals surface area contributed by atoms with Gasteiger partial charge in [0.15, 0.2) is 11.5 Å². The maximum absolute atomic E-state index is 12.7. The topological polar surface area (TPSA) is 117 Å². The van der Waals surface area contributed by atoms with Gasteiger partial charge in [0.25, 0.3) is 5.91 Å². The highest BCUT2D eigenvalue weighted by Gasteiger charge is 2.26. The first-order valence-corrected chi connectivity index (χ1v) is 11.8. The fraction of sp³-hybridized carbons (Fsp3) is 0.333. The average molecular weight is 512 g/mol. The number of amides is 1. The minimum Gasteiger partial charge on any atom is -0.503 e. The van der Waals surface area contributed by atoms with E-state index in [9.17, 15) is 18.3 Å². The molecule has 31 heavy (non-hydrogen) atoms. The minimum atomic E-state index is -3.88. The minimum absolute atomic E-state index is 0.0498. The standard InChI is InChI=1S/C21H26BrN3O5S/c1-13(2)9-18(25-31(28,29)16-7-5-14(3)6-8-16)21(27)24-23-12-15-10-17(22)20(26)19(11-15)30-4/h5-8,10-13,18,25-26H,9H2,1-4H3,(H,24,27)/b23-12-/t18-/m0/s1. The number of carbonyl (C=O) groups excluding carboxylic acids is 1. The molecule has 0 radical (unpaired) electrons. The first-order chi connectivity index (χ1) is 14.5. The van der Waals surface area contributed by atoms with Gasteiger partial charge < -0.3 is 9.84 Å². The van der Waals surface area contributed by atoms with E-state index in [1.807, 2.05) is 20.8 Å². The molecule has 0 aliphatic carbocycles. The first kappa shape index (κ1) is 24.8. The molecule has 0 fully saturated rings. The van der Waals surface area contributed by atoms with Crippen molar-refractivity contribution in [2.24, 2.45) is 11.0 Å². The molecule has 0 saturated heterocycles. The number of ether oxygens (including phenoxy) is 1. The zero-order chi connectivity index (χ0) is 23.2. The highest BCUT2D eigenvalue weighted by molar-refractivity contribution is 9.10. The molecule has 0 aliphatic rings. The summed E-state index contributed by atoms with van der Waals surface area (Å²) in [5.41, 5.74) is 3.87. The van der Waals surface area contributed by atoms with Gasteiger partial charge in [0.1, 0.15) is 6.04 Å². The van der Waals surface area contributed by atoms with Crippen molar-refractivity contribution >= 4 is 38.1 Å². The molecule has 0 spiro atoms. The maximum atomic E-state index is 12.7. The molecule has 0 heterocycles. The van der Waals surface area contributed by atoms with Crippen LogP contribution in [0.15, 0.2) is 50.9 Å². The summed E-state index contributed by atoms with van der Waals surface area (Å²) >= 11 is 3.21. The molecule has 3 N–H and O–H groups in total. The summed E-state index contributed by atoms with van der Waals surface area (Å²) in [4.78, 5) is 12.7. The molecule has 1 amide bonds. The molecule has 2 aromatic rings. The van der Waals surface area contributed by atoms with Crippen LogP contribution in [0.5, 0.6) is 11.5 Å². The largest absolute Gasteiger partial charge is 0.503 e. The van der Waals surface area contributed by atoms with Crippen molar-refractivity contribution < 1.29 is 23.1 Å². The molecule has 10 heteroatoms. The third-order valence-corrected chi connectivity index (χ3v) is 6.40. The molecule has 2 aromatic carbocycles. The van der Waals surface area contributed by atoms with E-state index in [1.165, 1.54) is 25.5 Å². The second-order valence-corrected chi connectivity index (χ2v) is 9.97. The summed E-state index contributed by atoms with van der Waals surface area (Å²) in [6.07, 6.45) is 1.66. The quantitative estimate of drug-likeness (QED) is 0.352. The highest BCUT2D eigenvalue weighted by Crippen LogP contribution is 2.34. The second-order valence-electron chi connectivity index (χ2n) is 7.40. The van der Waals surface area contributed by atoms with Gasteiger partial charge >= 0.3 is 0 Å². The Morgan fingerprint density at radius 3 is 2.48 bits per heavy atom. The Bertz CT molecular complexity index is 1050. The Balaban J connectivity index is 2.15. The number of hydrazone groups is 1. The molecule has 1 atom stereocenters. The van der Waals surface area contributed by atoms with E-state index in [1.54, 1.807) is 24.3 Å². The number of hydrogen-bond donors (Lipinski definition) is 3. The van der Waals surface area contributed by atoms with Crippen molar-refractivity contribution in [1.29, 1.82) is 0 Å². The van der Waals surface area contributed by atoms with Crippen molar-refractivity contribution in [2.45, 2.75) is 38.1 Å². The number of aryl methyl sites for hydroxylation is 1. The zero-order valence-electron chi connectivity index (χ0n) is 17.7. The molecule has 0 saturated carbocycles. The average Bonchev–Trinajstić information content (AvgIpc) is 2.69. The zero-order valence-corrected chi connectivity index (χ0v) is 20.1. The van der Waals surface area contributed by atoms with E-state index in [2.05, 4.69) is 31.2 Å². The summed E-state index contributed by atoms with van der Waals surface area (Å²) in [6, 6.07) is 8.53. The SMILES string of the molecule is COc1cc(/C=N\NC(=O)[C@H](CC(C)C)NS(=O)(=O)c2ccc(C)cc2)cc(Br)c1O. The highest BCUT2D eigenvalue weighted by atomic mass is 79.9. The van der Waals surface area contributed by atoms with Gasteiger partial charge in [0, 0.05) is 0 Å². The number of halogens is 1. The predicted octanol–water partition coefficient (Wildman–Crippen LogP) is 3.32. The van der Waals surface area contributed by atoms with E-state index >= 15 is 0 Å². The van der Waals surface area contributed by atoms with Crippen LogP contribution in [0.2, 0.25) is 0 Å². The van der Waals surface area contributed by atoms with Crippen LogP contribution in [0.4, 0.5) is 0 Å². The second kappa shape index (κ2) is 10.7. The molecule has 0 aromatic heterocycles. The summed E-state index contributed by atoms with van der Waals surface area (Å²) in [5.74, 6) is -0.319. The van der Waals surface area contributed by atoms with Crippen LogP contribution in [0.1, 0.15) is 31.4 Å². The third-order valence-electron chi connectivity index (χ3n) is 4.31. The number of nitrogens with one attached hydrogen (secondary N) is 2. The molecule has 2 rings (SSSR count). The van der Waals surface area contributed by atoms with Crippen LogP contribution in [0.25, 0.3) is 0 Å². The number of carbonyl (C=O) groups is 1. The Labute approximate surface area is 190 Å². The van der Waals surface area contributed by atoms with Gasteiger partial charge in [-0.1, -0.05) is 31.5 Å². The molecular formula is C21H26BrN3O5S. The number of phenolic OH excluding ortho intramolecular Hbond substituents is 1. The van der Waals surface area contributed by atoms with Crippen molar-refractivity contribution in [1.82, 2.24) is 10.1 Å². The molecular weight excluding hydrogens is 486 g/mol. The number of phenols is 1. The smallest absolute Gasteiger partial charge is 0.258 e. The summed E-state index contributed by atoms with van der Waals surface area (Å²) in [5, 5.41) is 13.8. The Kier molecular flexibility index (Phi) is 8.60. The van der Waals surface area contributed by atoms with Crippen molar-refractivity contribution in [3.8, 4) is 11.5 Å². The number of nitrogens with zero attached hydrogens (tertiary/aromatic N) is 1. The Morgan fingerprint density at radius 2 is 1.90 bits per heavy atom. The van der Waals surface area contributed by atoms with Crippen molar-refractivity contribution in [3.63, 3.8) is 0 Å².